The zero-order chi connectivity index (χ0) is 20.2. The van der Waals surface area contributed by atoms with E-state index in [1.54, 1.807) is 40.7 Å². The average molecular weight is 390 g/mol. The van der Waals surface area contributed by atoms with Crippen molar-refractivity contribution in [2.24, 2.45) is 7.05 Å². The van der Waals surface area contributed by atoms with Crippen LogP contribution in [0.25, 0.3) is 27.6 Å². The monoisotopic (exact) mass is 390 g/mol. The van der Waals surface area contributed by atoms with Crippen molar-refractivity contribution in [2.75, 3.05) is 7.05 Å². The molecule has 0 saturated heterocycles. The molecule has 4 rings (SSSR count). The smallest absolute Gasteiger partial charge is 0.355 e. The zero-order valence-corrected chi connectivity index (χ0v) is 14.8. The third kappa shape index (κ3) is 2.70. The van der Waals surface area contributed by atoms with E-state index in [0.29, 0.717) is 33.6 Å². The minimum absolute atomic E-state index is 0.205. The van der Waals surface area contributed by atoms with Gasteiger partial charge in [0, 0.05) is 36.6 Å². The van der Waals surface area contributed by atoms with Crippen molar-refractivity contribution in [3.8, 4) is 5.69 Å². The van der Waals surface area contributed by atoms with E-state index in [4.69, 9.17) is 0 Å². The number of aryl methyl sites for hydroxylation is 1. The fourth-order valence-electron chi connectivity index (χ4n) is 3.31. The summed E-state index contributed by atoms with van der Waals surface area (Å²) in [7, 11) is 3.22. The van der Waals surface area contributed by atoms with Gasteiger partial charge in [-0.25, -0.2) is 4.39 Å². The van der Waals surface area contributed by atoms with Crippen molar-refractivity contribution in [3.05, 3.63) is 59.5 Å². The molecular weight excluding hydrogens is 376 g/mol. The number of nitrogens with zero attached hydrogens (tertiary/aromatic N) is 3. The fraction of sp³-hybridized carbons (Fsp3) is 0.158. The lowest BCUT2D eigenvalue weighted by Crippen LogP contribution is -2.17. The topological polar surface area (TPSA) is 51.9 Å². The number of alkyl halides is 3. The third-order valence-corrected chi connectivity index (χ3v) is 4.55. The van der Waals surface area contributed by atoms with Crippen LogP contribution in [0.5, 0.6) is 0 Å². The second-order valence-corrected chi connectivity index (χ2v) is 6.35. The fourth-order valence-corrected chi connectivity index (χ4v) is 3.31. The number of nitrogens with one attached hydrogen (secondary N) is 1. The Balaban J connectivity index is 2.00. The van der Waals surface area contributed by atoms with E-state index in [1.165, 1.54) is 13.1 Å². The molecule has 2 aromatic heterocycles. The predicted molar refractivity (Wildman–Crippen MR) is 95.9 cm³/mol. The van der Waals surface area contributed by atoms with Gasteiger partial charge in [0.2, 0.25) is 0 Å². The van der Waals surface area contributed by atoms with Crippen molar-refractivity contribution >= 4 is 27.8 Å². The van der Waals surface area contributed by atoms with Gasteiger partial charge in [-0.05, 0) is 36.4 Å². The molecule has 1 N–H and O–H groups in total. The van der Waals surface area contributed by atoms with E-state index >= 15 is 0 Å². The molecule has 2 aromatic carbocycles. The molecule has 144 valence electrons. The molecule has 0 aliphatic carbocycles. The number of fused-ring (bicyclic) bond motifs is 3. The Morgan fingerprint density at radius 2 is 1.86 bits per heavy atom. The number of rotatable bonds is 2. The van der Waals surface area contributed by atoms with Crippen LogP contribution in [0.1, 0.15) is 15.9 Å². The maximum Gasteiger partial charge on any atom is 0.419 e. The second kappa shape index (κ2) is 6.08. The third-order valence-electron chi connectivity index (χ3n) is 4.55. The first kappa shape index (κ1) is 18.0. The number of benzene rings is 2. The van der Waals surface area contributed by atoms with E-state index < -0.39 is 17.6 Å². The number of aromatic nitrogens is 3. The Kier molecular flexibility index (Phi) is 3.91. The first-order chi connectivity index (χ1) is 13.2. The summed E-state index contributed by atoms with van der Waals surface area (Å²) in [6, 6.07) is 7.68. The van der Waals surface area contributed by atoms with Crippen molar-refractivity contribution in [1.29, 1.82) is 0 Å². The van der Waals surface area contributed by atoms with Crippen molar-refractivity contribution in [2.45, 2.75) is 6.18 Å². The summed E-state index contributed by atoms with van der Waals surface area (Å²) < 4.78 is 55.9. The van der Waals surface area contributed by atoms with Gasteiger partial charge in [0.1, 0.15) is 5.82 Å². The summed E-state index contributed by atoms with van der Waals surface area (Å²) >= 11 is 0. The van der Waals surface area contributed by atoms with Crippen molar-refractivity contribution in [3.63, 3.8) is 0 Å². The van der Waals surface area contributed by atoms with Crippen LogP contribution >= 0.6 is 0 Å². The SMILES string of the molecule is CNC(=O)c1ccc2c(c1)c1cn(C)nc1n2-c1ccc(C(F)(F)F)c(F)c1. The number of carbonyl (C=O) groups is 1. The van der Waals surface area contributed by atoms with Crippen LogP contribution in [0.2, 0.25) is 0 Å². The highest BCUT2D eigenvalue weighted by molar-refractivity contribution is 6.10. The lowest BCUT2D eigenvalue weighted by molar-refractivity contribution is -0.139. The lowest BCUT2D eigenvalue weighted by Gasteiger charge is -2.11. The molecule has 28 heavy (non-hydrogen) atoms. The summed E-state index contributed by atoms with van der Waals surface area (Å²) in [5, 5.41) is 8.28. The van der Waals surface area contributed by atoms with Crippen LogP contribution in [-0.2, 0) is 13.2 Å². The maximum absolute atomic E-state index is 14.1. The number of hydrogen-bond donors (Lipinski definition) is 1. The molecule has 4 aromatic rings. The Morgan fingerprint density at radius 3 is 2.50 bits per heavy atom. The van der Waals surface area contributed by atoms with Crippen LogP contribution < -0.4 is 5.32 Å². The van der Waals surface area contributed by atoms with Gasteiger partial charge in [0.15, 0.2) is 5.65 Å². The Hall–Kier alpha value is -3.36. The van der Waals surface area contributed by atoms with Crippen LogP contribution in [0.15, 0.2) is 42.6 Å². The molecule has 0 unspecified atom stereocenters. The Labute approximate surface area is 156 Å². The average Bonchev–Trinajstić information content (AvgIpc) is 3.14. The van der Waals surface area contributed by atoms with Gasteiger partial charge >= 0.3 is 6.18 Å². The normalized spacial score (nSPS) is 12.1. The Bertz CT molecular complexity index is 1240. The van der Waals surface area contributed by atoms with E-state index in [-0.39, 0.29) is 11.6 Å². The molecule has 2 heterocycles. The molecule has 0 atom stereocenters. The maximum atomic E-state index is 14.1. The molecule has 0 radical (unpaired) electrons. The van der Waals surface area contributed by atoms with E-state index in [1.807, 2.05) is 0 Å². The zero-order valence-electron chi connectivity index (χ0n) is 14.8. The van der Waals surface area contributed by atoms with Crippen LogP contribution in [0, 0.1) is 5.82 Å². The highest BCUT2D eigenvalue weighted by atomic mass is 19.4. The first-order valence-corrected chi connectivity index (χ1v) is 8.27. The van der Waals surface area contributed by atoms with E-state index in [9.17, 15) is 22.4 Å². The summed E-state index contributed by atoms with van der Waals surface area (Å²) in [4.78, 5) is 12.0. The summed E-state index contributed by atoms with van der Waals surface area (Å²) in [6.45, 7) is 0. The van der Waals surface area contributed by atoms with Crippen LogP contribution in [0.3, 0.4) is 0 Å². The molecule has 1 amide bonds. The van der Waals surface area contributed by atoms with Gasteiger partial charge in [-0.1, -0.05) is 0 Å². The molecule has 0 aliphatic heterocycles. The van der Waals surface area contributed by atoms with E-state index in [0.717, 1.165) is 6.07 Å². The first-order valence-electron chi connectivity index (χ1n) is 8.27. The summed E-state index contributed by atoms with van der Waals surface area (Å²) in [6.07, 6.45) is -3.04. The molecule has 0 spiro atoms. The summed E-state index contributed by atoms with van der Waals surface area (Å²) in [5.41, 5.74) is 0.357. The van der Waals surface area contributed by atoms with Crippen LogP contribution in [0.4, 0.5) is 17.6 Å². The minimum atomic E-state index is -4.77. The van der Waals surface area contributed by atoms with Crippen molar-refractivity contribution in [1.82, 2.24) is 19.7 Å². The quantitative estimate of drug-likeness (QED) is 0.526. The van der Waals surface area contributed by atoms with Crippen molar-refractivity contribution < 1.29 is 22.4 Å². The molecule has 0 fully saturated rings. The van der Waals surface area contributed by atoms with Gasteiger partial charge in [-0.15, -0.1) is 0 Å². The second-order valence-electron chi connectivity index (χ2n) is 6.35. The molecule has 5 nitrogen and oxygen atoms in total. The molecule has 9 heteroatoms. The van der Waals surface area contributed by atoms with Gasteiger partial charge in [0.05, 0.1) is 16.8 Å². The molecule has 0 aliphatic rings. The van der Waals surface area contributed by atoms with Gasteiger partial charge in [-0.3, -0.25) is 14.0 Å². The highest BCUT2D eigenvalue weighted by Gasteiger charge is 2.34. The molecule has 0 saturated carbocycles. The van der Waals surface area contributed by atoms with Gasteiger partial charge < -0.3 is 5.32 Å². The lowest BCUT2D eigenvalue weighted by atomic mass is 10.1. The highest BCUT2D eigenvalue weighted by Crippen LogP contribution is 2.35. The predicted octanol–water partition coefficient (Wildman–Crippen LogP) is 4.03. The number of carbonyl (C=O) groups excluding carboxylic acids is 1. The number of amides is 1. The largest absolute Gasteiger partial charge is 0.419 e. The van der Waals surface area contributed by atoms with Gasteiger partial charge in [0.25, 0.3) is 5.91 Å². The molecular formula is C19H14F4N4O. The Morgan fingerprint density at radius 1 is 1.11 bits per heavy atom. The summed E-state index contributed by atoms with van der Waals surface area (Å²) in [5.74, 6) is -1.63. The standard InChI is InChI=1S/C19H14F4N4O/c1-24-18(28)10-3-6-16-12(7-10)13-9-26(2)25-17(13)27(16)11-4-5-14(15(20)8-11)19(21,22)23/h3-9H,1-2H3,(H,24,28). The minimum Gasteiger partial charge on any atom is -0.355 e. The molecule has 0 bridgehead atoms. The van der Waals surface area contributed by atoms with Gasteiger partial charge in [-0.2, -0.15) is 18.3 Å². The van der Waals surface area contributed by atoms with Crippen LogP contribution in [-0.4, -0.2) is 27.3 Å². The number of halogens is 4. The van der Waals surface area contributed by atoms with E-state index in [2.05, 4.69) is 10.4 Å². The number of hydrogen-bond acceptors (Lipinski definition) is 2.